The highest BCUT2D eigenvalue weighted by molar-refractivity contribution is 5.18. The average molecular weight is 138 g/mol. The van der Waals surface area contributed by atoms with Gasteiger partial charge in [-0.25, -0.2) is 0 Å². The van der Waals surface area contributed by atoms with Crippen molar-refractivity contribution >= 4 is 0 Å². The van der Waals surface area contributed by atoms with E-state index in [0.717, 1.165) is 0 Å². The molecular weight excluding hydrogens is 124 g/mol. The Labute approximate surface area is 62.4 Å². The van der Waals surface area contributed by atoms with Gasteiger partial charge in [0.1, 0.15) is 0 Å². The monoisotopic (exact) mass is 138 g/mol. The zero-order valence-electron chi connectivity index (χ0n) is 6.47. The molecule has 1 heteroatoms. The van der Waals surface area contributed by atoms with Crippen molar-refractivity contribution in [2.75, 3.05) is 7.11 Å². The average Bonchev–Trinajstić information content (AvgIpc) is 2.03. The maximum absolute atomic E-state index is 4.82. The van der Waals surface area contributed by atoms with Gasteiger partial charge in [0.25, 0.3) is 0 Å². The van der Waals surface area contributed by atoms with Crippen molar-refractivity contribution in [3.8, 4) is 0 Å². The van der Waals surface area contributed by atoms with Crippen LogP contribution < -0.4 is 0 Å². The molecule has 0 saturated carbocycles. The zero-order chi connectivity index (χ0) is 7.23. The molecule has 1 aliphatic rings. The fraction of sp³-hybridized carbons (Fsp3) is 0.556. The van der Waals surface area contributed by atoms with Gasteiger partial charge < -0.3 is 4.74 Å². The highest BCUT2D eigenvalue weighted by Gasteiger charge is 1.98. The zero-order valence-corrected chi connectivity index (χ0v) is 6.47. The first kappa shape index (κ1) is 7.39. The first-order valence-electron chi connectivity index (χ1n) is 3.82. The summed E-state index contributed by atoms with van der Waals surface area (Å²) >= 11 is 0. The second-order valence-electron chi connectivity index (χ2n) is 2.56. The second kappa shape index (κ2) is 4.15. The molecule has 0 saturated heterocycles. The highest BCUT2D eigenvalue weighted by Crippen LogP contribution is 2.17. The van der Waals surface area contributed by atoms with Crippen LogP contribution in [0.25, 0.3) is 0 Å². The van der Waals surface area contributed by atoms with Crippen molar-refractivity contribution < 1.29 is 4.74 Å². The van der Waals surface area contributed by atoms with Crippen LogP contribution in [0, 0.1) is 0 Å². The lowest BCUT2D eigenvalue weighted by Crippen LogP contribution is -1.87. The number of methoxy groups -OCH3 is 1. The molecule has 0 aromatic rings. The van der Waals surface area contributed by atoms with E-state index in [4.69, 9.17) is 4.74 Å². The maximum atomic E-state index is 4.82. The van der Waals surface area contributed by atoms with E-state index in [1.807, 2.05) is 0 Å². The van der Waals surface area contributed by atoms with Gasteiger partial charge in [-0.1, -0.05) is 6.08 Å². The van der Waals surface area contributed by atoms with Gasteiger partial charge in [0.2, 0.25) is 0 Å². The molecule has 0 N–H and O–H groups in total. The number of ether oxygens (including phenoxy) is 1. The Morgan fingerprint density at radius 1 is 1.50 bits per heavy atom. The molecule has 1 rings (SSSR count). The summed E-state index contributed by atoms with van der Waals surface area (Å²) in [5, 5.41) is 0. The Hall–Kier alpha value is -0.720. The molecule has 0 aromatic carbocycles. The molecule has 1 aliphatic carbocycles. The van der Waals surface area contributed by atoms with Crippen molar-refractivity contribution in [3.63, 3.8) is 0 Å². The van der Waals surface area contributed by atoms with Gasteiger partial charge in [-0.3, -0.25) is 0 Å². The summed E-state index contributed by atoms with van der Waals surface area (Å²) in [4.78, 5) is 0. The topological polar surface area (TPSA) is 9.23 Å². The Balaban J connectivity index is 2.38. The lowest BCUT2D eigenvalue weighted by molar-refractivity contribution is 0.337. The molecule has 0 unspecified atom stereocenters. The van der Waals surface area contributed by atoms with Crippen LogP contribution >= 0.6 is 0 Å². The van der Waals surface area contributed by atoms with Gasteiger partial charge in [-0.15, -0.1) is 0 Å². The highest BCUT2D eigenvalue weighted by atomic mass is 16.5. The summed E-state index contributed by atoms with van der Waals surface area (Å²) in [6.07, 6.45) is 11.2. The van der Waals surface area contributed by atoms with Gasteiger partial charge >= 0.3 is 0 Å². The van der Waals surface area contributed by atoms with E-state index in [0.29, 0.717) is 0 Å². The quantitative estimate of drug-likeness (QED) is 0.533. The predicted molar refractivity (Wildman–Crippen MR) is 42.7 cm³/mol. The Morgan fingerprint density at radius 3 is 3.00 bits per heavy atom. The maximum Gasteiger partial charge on any atom is 0.0827 e. The second-order valence-corrected chi connectivity index (χ2v) is 2.56. The number of allylic oxidation sites excluding steroid dienone is 3. The lowest BCUT2D eigenvalue weighted by Gasteiger charge is -2.07. The molecule has 0 radical (unpaired) electrons. The van der Waals surface area contributed by atoms with E-state index in [9.17, 15) is 0 Å². The van der Waals surface area contributed by atoms with Crippen LogP contribution in [0.1, 0.15) is 25.7 Å². The van der Waals surface area contributed by atoms with Crippen molar-refractivity contribution in [2.24, 2.45) is 0 Å². The SMILES string of the molecule is COC=CC1=CCCCC1. The van der Waals surface area contributed by atoms with Crippen molar-refractivity contribution in [2.45, 2.75) is 25.7 Å². The molecule has 10 heavy (non-hydrogen) atoms. The minimum Gasteiger partial charge on any atom is -0.504 e. The van der Waals surface area contributed by atoms with E-state index in [-0.39, 0.29) is 0 Å². The molecule has 1 nitrogen and oxygen atoms in total. The van der Waals surface area contributed by atoms with Crippen LogP contribution in [-0.4, -0.2) is 7.11 Å². The smallest absolute Gasteiger partial charge is 0.0827 e. The third-order valence-electron chi connectivity index (χ3n) is 1.74. The Bertz CT molecular complexity index is 145. The van der Waals surface area contributed by atoms with Gasteiger partial charge in [0, 0.05) is 0 Å². The van der Waals surface area contributed by atoms with E-state index < -0.39 is 0 Å². The van der Waals surface area contributed by atoms with Crippen LogP contribution in [0.15, 0.2) is 24.0 Å². The molecule has 0 heterocycles. The van der Waals surface area contributed by atoms with Crippen molar-refractivity contribution in [1.29, 1.82) is 0 Å². The first-order valence-corrected chi connectivity index (χ1v) is 3.82. The van der Waals surface area contributed by atoms with Gasteiger partial charge in [0.15, 0.2) is 0 Å². The molecule has 0 fully saturated rings. The summed E-state index contributed by atoms with van der Waals surface area (Å²) in [5.74, 6) is 0. The molecular formula is C9H14O. The molecule has 0 bridgehead atoms. The molecule has 0 spiro atoms. The van der Waals surface area contributed by atoms with Gasteiger partial charge in [-0.2, -0.15) is 0 Å². The molecule has 0 aliphatic heterocycles. The van der Waals surface area contributed by atoms with E-state index >= 15 is 0 Å². The van der Waals surface area contributed by atoms with Gasteiger partial charge in [-0.05, 0) is 37.3 Å². The molecule has 0 aromatic heterocycles. The summed E-state index contributed by atoms with van der Waals surface area (Å²) in [5.41, 5.74) is 1.42. The summed E-state index contributed by atoms with van der Waals surface area (Å²) in [6.45, 7) is 0. The molecule has 0 amide bonds. The largest absolute Gasteiger partial charge is 0.504 e. The predicted octanol–water partition coefficient (Wildman–Crippen LogP) is 2.65. The van der Waals surface area contributed by atoms with Crippen LogP contribution in [0.3, 0.4) is 0 Å². The number of hydrogen-bond donors (Lipinski definition) is 0. The van der Waals surface area contributed by atoms with E-state index in [2.05, 4.69) is 12.2 Å². The van der Waals surface area contributed by atoms with Crippen LogP contribution in [0.2, 0.25) is 0 Å². The van der Waals surface area contributed by atoms with E-state index in [1.165, 1.54) is 31.3 Å². The van der Waals surface area contributed by atoms with E-state index in [1.54, 1.807) is 13.4 Å². The molecule has 56 valence electrons. The normalized spacial score (nSPS) is 19.1. The summed E-state index contributed by atoms with van der Waals surface area (Å²) in [6, 6.07) is 0. The Kier molecular flexibility index (Phi) is 3.07. The standard InChI is InChI=1S/C9H14O/c1-10-8-7-9-5-3-2-4-6-9/h5,7-8H,2-4,6H2,1H3. The Morgan fingerprint density at radius 2 is 2.40 bits per heavy atom. The summed E-state index contributed by atoms with van der Waals surface area (Å²) < 4.78 is 4.82. The lowest BCUT2D eigenvalue weighted by atomic mass is 10.00. The molecule has 0 atom stereocenters. The third kappa shape index (κ3) is 2.26. The van der Waals surface area contributed by atoms with Crippen LogP contribution in [0.5, 0.6) is 0 Å². The van der Waals surface area contributed by atoms with Crippen LogP contribution in [-0.2, 0) is 4.74 Å². The van der Waals surface area contributed by atoms with Crippen molar-refractivity contribution in [3.05, 3.63) is 24.0 Å². The number of rotatable bonds is 2. The minimum atomic E-state index is 1.22. The first-order chi connectivity index (χ1) is 4.93. The number of hydrogen-bond acceptors (Lipinski definition) is 1. The summed E-state index contributed by atoms with van der Waals surface area (Å²) in [7, 11) is 1.68. The minimum absolute atomic E-state index is 1.22. The fourth-order valence-corrected chi connectivity index (χ4v) is 1.17. The van der Waals surface area contributed by atoms with Crippen molar-refractivity contribution in [1.82, 2.24) is 0 Å². The van der Waals surface area contributed by atoms with Gasteiger partial charge in [0.05, 0.1) is 13.4 Å². The van der Waals surface area contributed by atoms with Crippen LogP contribution in [0.4, 0.5) is 0 Å². The fourth-order valence-electron chi connectivity index (χ4n) is 1.17. The third-order valence-corrected chi connectivity index (χ3v) is 1.74.